The van der Waals surface area contributed by atoms with Gasteiger partial charge in [-0.25, -0.2) is 0 Å². The summed E-state index contributed by atoms with van der Waals surface area (Å²) in [5, 5.41) is 14.2. The van der Waals surface area contributed by atoms with E-state index in [4.69, 9.17) is 0 Å². The van der Waals surface area contributed by atoms with Gasteiger partial charge < -0.3 is 26.6 Å². The molecule has 0 aliphatic carbocycles. The third-order valence-electron chi connectivity index (χ3n) is 7.18. The van der Waals surface area contributed by atoms with Gasteiger partial charge in [-0.15, -0.1) is 0 Å². The summed E-state index contributed by atoms with van der Waals surface area (Å²) in [7, 11) is 0. The van der Waals surface area contributed by atoms with Crippen molar-refractivity contribution in [3.63, 3.8) is 0 Å². The van der Waals surface area contributed by atoms with Crippen molar-refractivity contribution in [1.82, 2.24) is 26.6 Å². The van der Waals surface area contributed by atoms with Crippen LogP contribution in [-0.2, 0) is 30.4 Å². The first kappa shape index (κ1) is 34.8. The molecule has 1 heterocycles. The number of benzene rings is 1. The summed E-state index contributed by atoms with van der Waals surface area (Å²) in [6.07, 6.45) is 1.21. The lowest BCUT2D eigenvalue weighted by molar-refractivity contribution is -0.135. The van der Waals surface area contributed by atoms with Crippen LogP contribution in [0.5, 0.6) is 0 Å². The fourth-order valence-electron chi connectivity index (χ4n) is 5.04. The highest BCUT2D eigenvalue weighted by atomic mass is 16.2. The fourth-order valence-corrected chi connectivity index (χ4v) is 5.04. The molecule has 1 saturated heterocycles. The van der Waals surface area contributed by atoms with Crippen molar-refractivity contribution in [1.29, 1.82) is 0 Å². The summed E-state index contributed by atoms with van der Waals surface area (Å²) in [4.78, 5) is 68.0. The minimum Gasteiger partial charge on any atom is -0.343 e. The van der Waals surface area contributed by atoms with Crippen molar-refractivity contribution in [2.75, 3.05) is 0 Å². The molecule has 5 atom stereocenters. The van der Waals surface area contributed by atoms with Crippen LogP contribution in [0, 0.1) is 23.7 Å². The summed E-state index contributed by atoms with van der Waals surface area (Å²) < 4.78 is 0. The molecule has 10 nitrogen and oxygen atoms in total. The van der Waals surface area contributed by atoms with Gasteiger partial charge in [-0.2, -0.15) is 0 Å². The first-order chi connectivity index (χ1) is 19.7. The zero-order valence-electron chi connectivity index (χ0n) is 26.5. The standard InChI is InChI=1S/C32H51N5O5/c1-18(2)14-23-28(38)34-25(16-20(5)6)31(41)37-27(21(7)8)32(42)36-24(15-19(3)4)29(39)35-26(30(40)33-23)17-22-12-10-9-11-13-22/h9-13,18-21,23-27H,14-17H2,1-8H3,(H,33,40)(H,34,38)(H,35,39)(H,36,42)(H,37,41)/t23-,24+,25+,26+,27-/m1/s1. The second kappa shape index (κ2) is 16.3. The van der Waals surface area contributed by atoms with Gasteiger partial charge in [-0.05, 0) is 48.5 Å². The molecular weight excluding hydrogens is 534 g/mol. The second-order valence-corrected chi connectivity index (χ2v) is 13.1. The number of hydrogen-bond donors (Lipinski definition) is 5. The van der Waals surface area contributed by atoms with Crippen molar-refractivity contribution in [2.24, 2.45) is 23.7 Å². The molecule has 1 aromatic rings. The van der Waals surface area contributed by atoms with Crippen molar-refractivity contribution >= 4 is 29.5 Å². The maximum absolute atomic E-state index is 13.7. The molecule has 1 aliphatic rings. The Labute approximate surface area is 250 Å². The van der Waals surface area contributed by atoms with E-state index in [0.29, 0.717) is 19.3 Å². The molecular formula is C32H51N5O5. The Morgan fingerprint density at radius 2 is 0.857 bits per heavy atom. The summed E-state index contributed by atoms with van der Waals surface area (Å²) in [5.41, 5.74) is 0.830. The Morgan fingerprint density at radius 3 is 1.26 bits per heavy atom. The monoisotopic (exact) mass is 585 g/mol. The Balaban J connectivity index is 2.59. The van der Waals surface area contributed by atoms with Gasteiger partial charge in [-0.1, -0.05) is 85.7 Å². The lowest BCUT2D eigenvalue weighted by Gasteiger charge is -2.28. The Bertz CT molecular complexity index is 1070. The van der Waals surface area contributed by atoms with E-state index >= 15 is 0 Å². The van der Waals surface area contributed by atoms with Gasteiger partial charge in [0.15, 0.2) is 0 Å². The average Bonchev–Trinajstić information content (AvgIpc) is 2.89. The summed E-state index contributed by atoms with van der Waals surface area (Å²) in [6, 6.07) is 4.61. The number of carbonyl (C=O) groups is 5. The predicted molar refractivity (Wildman–Crippen MR) is 163 cm³/mol. The van der Waals surface area contributed by atoms with Gasteiger partial charge in [0.05, 0.1) is 0 Å². The third-order valence-corrected chi connectivity index (χ3v) is 7.18. The smallest absolute Gasteiger partial charge is 0.243 e. The molecule has 1 aliphatic heterocycles. The highest BCUT2D eigenvalue weighted by Gasteiger charge is 2.36. The van der Waals surface area contributed by atoms with E-state index in [2.05, 4.69) is 26.6 Å². The zero-order chi connectivity index (χ0) is 31.6. The van der Waals surface area contributed by atoms with Crippen LogP contribution in [0.1, 0.15) is 80.2 Å². The van der Waals surface area contributed by atoms with E-state index in [1.807, 2.05) is 85.7 Å². The van der Waals surface area contributed by atoms with Gasteiger partial charge in [0.2, 0.25) is 29.5 Å². The van der Waals surface area contributed by atoms with Crippen LogP contribution in [0.4, 0.5) is 0 Å². The summed E-state index contributed by atoms with van der Waals surface area (Å²) in [5.74, 6) is -2.57. The minimum atomic E-state index is -0.994. The fraction of sp³-hybridized carbons (Fsp3) is 0.656. The minimum absolute atomic E-state index is 0.0595. The summed E-state index contributed by atoms with van der Waals surface area (Å²) >= 11 is 0. The van der Waals surface area contributed by atoms with E-state index in [1.165, 1.54) is 0 Å². The first-order valence-corrected chi connectivity index (χ1v) is 15.2. The van der Waals surface area contributed by atoms with Crippen molar-refractivity contribution in [3.05, 3.63) is 35.9 Å². The first-order valence-electron chi connectivity index (χ1n) is 15.2. The average molecular weight is 586 g/mol. The second-order valence-electron chi connectivity index (χ2n) is 13.1. The normalized spacial score (nSPS) is 25.0. The highest BCUT2D eigenvalue weighted by Crippen LogP contribution is 2.14. The SMILES string of the molecule is CC(C)C[C@@H]1NC(=O)[C@@H](CC(C)C)NC(=O)[C@H](Cc2ccccc2)NC(=O)[C@H](CC(C)C)NC(=O)[C@@H](C(C)C)NC1=O. The van der Waals surface area contributed by atoms with Gasteiger partial charge in [0, 0.05) is 6.42 Å². The molecule has 10 heteroatoms. The van der Waals surface area contributed by atoms with Crippen molar-refractivity contribution < 1.29 is 24.0 Å². The number of carbonyl (C=O) groups excluding carboxylic acids is 5. The van der Waals surface area contributed by atoms with Crippen LogP contribution in [0.2, 0.25) is 0 Å². The molecule has 5 amide bonds. The molecule has 42 heavy (non-hydrogen) atoms. The number of nitrogens with one attached hydrogen (secondary N) is 5. The Kier molecular flexibility index (Phi) is 13.5. The van der Waals surface area contributed by atoms with Crippen LogP contribution < -0.4 is 26.6 Å². The molecule has 0 bridgehead atoms. The van der Waals surface area contributed by atoms with E-state index in [-0.39, 0.29) is 30.1 Å². The molecule has 2 rings (SSSR count). The largest absolute Gasteiger partial charge is 0.343 e. The quantitative estimate of drug-likeness (QED) is 0.302. The molecule has 234 valence electrons. The Hall–Kier alpha value is -3.43. The Morgan fingerprint density at radius 1 is 0.500 bits per heavy atom. The molecule has 1 aromatic carbocycles. The van der Waals surface area contributed by atoms with Crippen LogP contribution in [0.15, 0.2) is 30.3 Å². The van der Waals surface area contributed by atoms with E-state index in [9.17, 15) is 24.0 Å². The van der Waals surface area contributed by atoms with E-state index in [0.717, 1.165) is 5.56 Å². The zero-order valence-corrected chi connectivity index (χ0v) is 26.5. The van der Waals surface area contributed by atoms with Crippen LogP contribution in [0.25, 0.3) is 0 Å². The van der Waals surface area contributed by atoms with Crippen molar-refractivity contribution in [2.45, 2.75) is 111 Å². The maximum atomic E-state index is 13.7. The molecule has 0 spiro atoms. The molecule has 1 fully saturated rings. The predicted octanol–water partition coefficient (Wildman–Crippen LogP) is 2.46. The number of rotatable bonds is 9. The maximum Gasteiger partial charge on any atom is 0.243 e. The topological polar surface area (TPSA) is 146 Å². The van der Waals surface area contributed by atoms with Crippen LogP contribution in [0.3, 0.4) is 0 Å². The van der Waals surface area contributed by atoms with Gasteiger partial charge in [0.1, 0.15) is 30.2 Å². The van der Waals surface area contributed by atoms with Crippen molar-refractivity contribution in [3.8, 4) is 0 Å². The molecule has 5 N–H and O–H groups in total. The number of amides is 5. The molecule has 0 radical (unpaired) electrons. The lowest BCUT2D eigenvalue weighted by atomic mass is 9.98. The lowest BCUT2D eigenvalue weighted by Crippen LogP contribution is -2.59. The van der Waals surface area contributed by atoms with Crippen LogP contribution >= 0.6 is 0 Å². The molecule has 0 saturated carbocycles. The third kappa shape index (κ3) is 11.1. The molecule has 0 unspecified atom stereocenters. The van der Waals surface area contributed by atoms with E-state index < -0.39 is 59.7 Å². The number of hydrogen-bond acceptors (Lipinski definition) is 5. The van der Waals surface area contributed by atoms with Crippen LogP contribution in [-0.4, -0.2) is 59.7 Å². The summed E-state index contributed by atoms with van der Waals surface area (Å²) in [6.45, 7) is 15.3. The van der Waals surface area contributed by atoms with Gasteiger partial charge in [0.25, 0.3) is 0 Å². The van der Waals surface area contributed by atoms with Gasteiger partial charge >= 0.3 is 0 Å². The molecule has 0 aromatic heterocycles. The van der Waals surface area contributed by atoms with Gasteiger partial charge in [-0.3, -0.25) is 24.0 Å². The van der Waals surface area contributed by atoms with E-state index in [1.54, 1.807) is 0 Å². The highest BCUT2D eigenvalue weighted by molar-refractivity contribution is 5.98.